The summed E-state index contributed by atoms with van der Waals surface area (Å²) in [6.45, 7) is 1.24. The highest BCUT2D eigenvalue weighted by Crippen LogP contribution is 2.20. The molecule has 3 aromatic rings. The SMILES string of the molecule is CN(Cc1cccc(-c2cnc(NCCc3ccccn3)nc2)c1)C(=O)CN. The molecule has 28 heavy (non-hydrogen) atoms. The first-order valence-electron chi connectivity index (χ1n) is 9.15. The maximum absolute atomic E-state index is 11.7. The normalized spacial score (nSPS) is 10.5. The molecule has 144 valence electrons. The van der Waals surface area contributed by atoms with Crippen LogP contribution in [0, 0.1) is 0 Å². The average molecular weight is 376 g/mol. The molecule has 1 amide bonds. The quantitative estimate of drug-likeness (QED) is 0.625. The second-order valence-electron chi connectivity index (χ2n) is 6.45. The molecular formula is C21H24N6O. The summed E-state index contributed by atoms with van der Waals surface area (Å²) in [4.78, 5) is 26.4. The van der Waals surface area contributed by atoms with Crippen LogP contribution in [0.15, 0.2) is 61.1 Å². The van der Waals surface area contributed by atoms with E-state index in [4.69, 9.17) is 5.73 Å². The fourth-order valence-electron chi connectivity index (χ4n) is 2.78. The van der Waals surface area contributed by atoms with E-state index in [1.807, 2.05) is 42.5 Å². The first-order valence-corrected chi connectivity index (χ1v) is 9.15. The van der Waals surface area contributed by atoms with Crippen LogP contribution in [0.5, 0.6) is 0 Å². The molecule has 0 bridgehead atoms. The lowest BCUT2D eigenvalue weighted by atomic mass is 10.1. The number of nitrogens with zero attached hydrogens (tertiary/aromatic N) is 4. The maximum Gasteiger partial charge on any atom is 0.236 e. The van der Waals surface area contributed by atoms with Gasteiger partial charge in [0.25, 0.3) is 0 Å². The summed E-state index contributed by atoms with van der Waals surface area (Å²) in [5.41, 5.74) is 9.40. The molecule has 7 heteroatoms. The first kappa shape index (κ1) is 19.4. The lowest BCUT2D eigenvalue weighted by Gasteiger charge is -2.16. The molecule has 2 heterocycles. The van der Waals surface area contributed by atoms with E-state index < -0.39 is 0 Å². The Balaban J connectivity index is 1.60. The number of benzene rings is 1. The summed E-state index contributed by atoms with van der Waals surface area (Å²) in [6.07, 6.45) is 6.19. The number of hydrogen-bond donors (Lipinski definition) is 2. The van der Waals surface area contributed by atoms with Gasteiger partial charge in [0.2, 0.25) is 11.9 Å². The molecule has 0 unspecified atom stereocenters. The van der Waals surface area contributed by atoms with Crippen LogP contribution in [-0.2, 0) is 17.8 Å². The Morgan fingerprint density at radius 1 is 1.07 bits per heavy atom. The van der Waals surface area contributed by atoms with E-state index in [-0.39, 0.29) is 12.5 Å². The number of anilines is 1. The van der Waals surface area contributed by atoms with Gasteiger partial charge in [0.15, 0.2) is 0 Å². The second-order valence-corrected chi connectivity index (χ2v) is 6.45. The third kappa shape index (κ3) is 5.34. The predicted octanol–water partition coefficient (Wildman–Crippen LogP) is 2.11. The molecule has 0 atom stereocenters. The van der Waals surface area contributed by atoms with Crippen molar-refractivity contribution in [2.45, 2.75) is 13.0 Å². The summed E-state index contributed by atoms with van der Waals surface area (Å²) in [6, 6.07) is 13.9. The molecule has 0 aliphatic rings. The van der Waals surface area contributed by atoms with Gasteiger partial charge in [0.05, 0.1) is 6.54 Å². The Bertz CT molecular complexity index is 898. The first-order chi connectivity index (χ1) is 13.7. The number of pyridine rings is 1. The van der Waals surface area contributed by atoms with E-state index in [9.17, 15) is 4.79 Å². The number of nitrogens with two attached hydrogens (primary N) is 1. The highest BCUT2D eigenvalue weighted by Gasteiger charge is 2.08. The number of rotatable bonds is 8. The van der Waals surface area contributed by atoms with E-state index in [0.717, 1.165) is 28.8 Å². The largest absolute Gasteiger partial charge is 0.354 e. The van der Waals surface area contributed by atoms with Gasteiger partial charge in [-0.1, -0.05) is 24.3 Å². The molecule has 3 rings (SSSR count). The highest BCUT2D eigenvalue weighted by atomic mass is 16.2. The minimum atomic E-state index is -0.0881. The summed E-state index contributed by atoms with van der Waals surface area (Å²) in [5.74, 6) is 0.499. The van der Waals surface area contributed by atoms with Crippen molar-refractivity contribution < 1.29 is 4.79 Å². The standard InChI is InChI=1S/C21H24N6O/c1-27(20(28)12-22)15-16-5-4-6-17(11-16)18-13-25-21(26-14-18)24-10-8-19-7-2-3-9-23-19/h2-7,9,11,13-14H,8,10,12,15,22H2,1H3,(H,24,25,26). The van der Waals surface area contributed by atoms with E-state index in [1.54, 1.807) is 30.5 Å². The molecule has 2 aromatic heterocycles. The summed E-state index contributed by atoms with van der Waals surface area (Å²) in [7, 11) is 1.75. The molecule has 0 aliphatic carbocycles. The van der Waals surface area contributed by atoms with Crippen molar-refractivity contribution in [3.05, 3.63) is 72.3 Å². The van der Waals surface area contributed by atoms with Crippen molar-refractivity contribution in [2.24, 2.45) is 5.73 Å². The fraction of sp³-hybridized carbons (Fsp3) is 0.238. The number of carbonyl (C=O) groups is 1. The van der Waals surface area contributed by atoms with Crippen molar-refractivity contribution in [1.82, 2.24) is 19.9 Å². The van der Waals surface area contributed by atoms with Crippen LogP contribution >= 0.6 is 0 Å². The Hall–Kier alpha value is -3.32. The number of likely N-dealkylation sites (N-methyl/N-ethyl adjacent to an activating group) is 1. The summed E-state index contributed by atoms with van der Waals surface area (Å²) in [5, 5.41) is 3.21. The van der Waals surface area contributed by atoms with Gasteiger partial charge in [-0.15, -0.1) is 0 Å². The van der Waals surface area contributed by atoms with Crippen LogP contribution in [-0.4, -0.2) is 45.9 Å². The van der Waals surface area contributed by atoms with Gasteiger partial charge in [-0.2, -0.15) is 0 Å². The van der Waals surface area contributed by atoms with Gasteiger partial charge in [0.1, 0.15) is 0 Å². The molecule has 0 radical (unpaired) electrons. The molecule has 0 fully saturated rings. The van der Waals surface area contributed by atoms with Gasteiger partial charge < -0.3 is 16.0 Å². The van der Waals surface area contributed by atoms with Gasteiger partial charge >= 0.3 is 0 Å². The average Bonchev–Trinajstić information content (AvgIpc) is 2.74. The Morgan fingerprint density at radius 2 is 1.89 bits per heavy atom. The van der Waals surface area contributed by atoms with Crippen molar-refractivity contribution in [3.8, 4) is 11.1 Å². The molecule has 0 saturated heterocycles. The lowest BCUT2D eigenvalue weighted by molar-refractivity contribution is -0.128. The summed E-state index contributed by atoms with van der Waals surface area (Å²) >= 11 is 0. The zero-order valence-electron chi connectivity index (χ0n) is 15.9. The molecule has 0 spiro atoms. The minimum Gasteiger partial charge on any atom is -0.354 e. The van der Waals surface area contributed by atoms with Crippen molar-refractivity contribution >= 4 is 11.9 Å². The van der Waals surface area contributed by atoms with Gasteiger partial charge in [0, 0.05) is 56.4 Å². The third-order valence-corrected chi connectivity index (χ3v) is 4.32. The van der Waals surface area contributed by atoms with Crippen molar-refractivity contribution in [1.29, 1.82) is 0 Å². The number of aromatic nitrogens is 3. The van der Waals surface area contributed by atoms with Gasteiger partial charge in [-0.25, -0.2) is 9.97 Å². The van der Waals surface area contributed by atoms with Crippen molar-refractivity contribution in [3.63, 3.8) is 0 Å². The molecular weight excluding hydrogens is 352 g/mol. The topological polar surface area (TPSA) is 97.0 Å². The van der Waals surface area contributed by atoms with Crippen LogP contribution in [0.1, 0.15) is 11.3 Å². The van der Waals surface area contributed by atoms with Crippen LogP contribution < -0.4 is 11.1 Å². The van der Waals surface area contributed by atoms with Crippen LogP contribution in [0.4, 0.5) is 5.95 Å². The smallest absolute Gasteiger partial charge is 0.236 e. The van der Waals surface area contributed by atoms with Gasteiger partial charge in [-0.3, -0.25) is 9.78 Å². The minimum absolute atomic E-state index is 0.0127. The highest BCUT2D eigenvalue weighted by molar-refractivity contribution is 5.77. The van der Waals surface area contributed by atoms with Gasteiger partial charge in [-0.05, 0) is 29.3 Å². The zero-order chi connectivity index (χ0) is 19.8. The van der Waals surface area contributed by atoms with E-state index in [0.29, 0.717) is 19.0 Å². The van der Waals surface area contributed by atoms with E-state index in [2.05, 4.69) is 20.3 Å². The van der Waals surface area contributed by atoms with E-state index in [1.165, 1.54) is 0 Å². The Kier molecular flexibility index (Phi) is 6.64. The molecule has 0 saturated carbocycles. The molecule has 1 aromatic carbocycles. The zero-order valence-corrected chi connectivity index (χ0v) is 15.9. The van der Waals surface area contributed by atoms with E-state index >= 15 is 0 Å². The van der Waals surface area contributed by atoms with Crippen LogP contribution in [0.3, 0.4) is 0 Å². The monoisotopic (exact) mass is 376 g/mol. The predicted molar refractivity (Wildman–Crippen MR) is 109 cm³/mol. The second kappa shape index (κ2) is 9.57. The van der Waals surface area contributed by atoms with Crippen LogP contribution in [0.25, 0.3) is 11.1 Å². The number of hydrogen-bond acceptors (Lipinski definition) is 6. The van der Waals surface area contributed by atoms with Crippen LogP contribution in [0.2, 0.25) is 0 Å². The third-order valence-electron chi connectivity index (χ3n) is 4.32. The Labute approximate surface area is 164 Å². The molecule has 3 N–H and O–H groups in total. The maximum atomic E-state index is 11.7. The summed E-state index contributed by atoms with van der Waals surface area (Å²) < 4.78 is 0. The lowest BCUT2D eigenvalue weighted by Crippen LogP contribution is -2.32. The number of carbonyl (C=O) groups excluding carboxylic acids is 1. The number of nitrogens with one attached hydrogen (secondary N) is 1. The fourth-order valence-corrected chi connectivity index (χ4v) is 2.78. The Morgan fingerprint density at radius 3 is 2.61 bits per heavy atom. The number of amides is 1. The molecule has 0 aliphatic heterocycles. The molecule has 7 nitrogen and oxygen atoms in total. The van der Waals surface area contributed by atoms with Crippen molar-refractivity contribution in [2.75, 3.05) is 25.5 Å².